The van der Waals surface area contributed by atoms with Gasteiger partial charge in [-0.3, -0.25) is 4.79 Å². The Morgan fingerprint density at radius 3 is 2.67 bits per heavy atom. The van der Waals surface area contributed by atoms with Crippen molar-refractivity contribution in [2.45, 2.75) is 32.5 Å². The number of aromatic nitrogens is 1. The van der Waals surface area contributed by atoms with Gasteiger partial charge in [-0.2, -0.15) is 18.3 Å². The summed E-state index contributed by atoms with van der Waals surface area (Å²) in [4.78, 5) is 13.5. The van der Waals surface area contributed by atoms with Gasteiger partial charge in [-0.15, -0.1) is 11.3 Å². The number of hydrazone groups is 1. The van der Waals surface area contributed by atoms with Crippen molar-refractivity contribution in [3.63, 3.8) is 0 Å². The lowest BCUT2D eigenvalue weighted by Gasteiger charge is -2.10. The number of thiophene rings is 1. The van der Waals surface area contributed by atoms with Gasteiger partial charge in [0.2, 0.25) is 0 Å². The van der Waals surface area contributed by atoms with Crippen LogP contribution in [0.1, 0.15) is 51.7 Å². The van der Waals surface area contributed by atoms with Crippen LogP contribution in [0.4, 0.5) is 13.2 Å². The van der Waals surface area contributed by atoms with Crippen molar-refractivity contribution in [1.82, 2.24) is 9.99 Å². The third-order valence-corrected chi connectivity index (χ3v) is 6.48. The van der Waals surface area contributed by atoms with Crippen molar-refractivity contribution in [1.29, 1.82) is 0 Å². The molecule has 2 heterocycles. The van der Waals surface area contributed by atoms with Gasteiger partial charge in [0.1, 0.15) is 0 Å². The molecule has 0 aliphatic heterocycles. The molecule has 0 bridgehead atoms. The van der Waals surface area contributed by atoms with Crippen molar-refractivity contribution in [2.24, 2.45) is 5.10 Å². The lowest BCUT2D eigenvalue weighted by Crippen LogP contribution is -2.16. The van der Waals surface area contributed by atoms with Crippen LogP contribution in [0, 0.1) is 0 Å². The first-order chi connectivity index (χ1) is 15.7. The van der Waals surface area contributed by atoms with E-state index in [1.165, 1.54) is 17.4 Å². The quantitative estimate of drug-likeness (QED) is 0.249. The number of hydrogen-bond donors (Lipinski definition) is 1. The summed E-state index contributed by atoms with van der Waals surface area (Å²) in [6, 6.07) is 14.7. The maximum absolute atomic E-state index is 13.1. The van der Waals surface area contributed by atoms with Crippen LogP contribution in [-0.2, 0) is 12.7 Å². The number of hydrogen-bond acceptors (Lipinski definition) is 3. The molecule has 33 heavy (non-hydrogen) atoms. The molecule has 2 aromatic carbocycles. The maximum atomic E-state index is 13.1. The van der Waals surface area contributed by atoms with Crippen LogP contribution < -0.4 is 5.43 Å². The zero-order valence-corrected chi connectivity index (χ0v) is 18.9. The summed E-state index contributed by atoms with van der Waals surface area (Å²) >= 11 is 1.54. The second-order valence-electron chi connectivity index (χ2n) is 8.02. The highest BCUT2D eigenvalue weighted by Crippen LogP contribution is 2.30. The van der Waals surface area contributed by atoms with E-state index in [0.717, 1.165) is 33.5 Å². The van der Waals surface area contributed by atoms with Crippen LogP contribution in [0.15, 0.2) is 71.3 Å². The topological polar surface area (TPSA) is 46.4 Å². The third-order valence-electron chi connectivity index (χ3n) is 5.25. The zero-order valence-electron chi connectivity index (χ0n) is 18.1. The number of carbonyl (C=O) groups excluding carboxylic acids is 1. The summed E-state index contributed by atoms with van der Waals surface area (Å²) in [6.07, 6.45) is -1.01. The van der Waals surface area contributed by atoms with Gasteiger partial charge in [-0.1, -0.05) is 44.2 Å². The number of fused-ring (bicyclic) bond motifs is 1. The molecule has 0 spiro atoms. The van der Waals surface area contributed by atoms with E-state index in [0.29, 0.717) is 17.0 Å². The molecule has 0 unspecified atom stereocenters. The Kier molecular flexibility index (Phi) is 6.37. The van der Waals surface area contributed by atoms with E-state index < -0.39 is 11.7 Å². The standard InChI is InChI=1S/C25H22F3N3OS/c1-16(2)23-11-18(15-33-23)24(32)30-29-12-19-14-31(22-9-4-3-8-21(19)22)13-17-6-5-7-20(10-17)25(26,27)28/h3-12,14-16H,13H2,1-2H3,(H,30,32). The molecule has 0 fully saturated rings. The number of nitrogens with zero attached hydrogens (tertiary/aromatic N) is 2. The molecule has 0 atom stereocenters. The van der Waals surface area contributed by atoms with Crippen LogP contribution >= 0.6 is 11.3 Å². The van der Waals surface area contributed by atoms with Crippen molar-refractivity contribution in [2.75, 3.05) is 0 Å². The van der Waals surface area contributed by atoms with E-state index in [2.05, 4.69) is 24.4 Å². The number of para-hydroxylation sites is 1. The molecule has 4 rings (SSSR count). The summed E-state index contributed by atoms with van der Waals surface area (Å²) in [5.74, 6) is 0.0603. The Hall–Kier alpha value is -3.39. The number of halogens is 3. The summed E-state index contributed by atoms with van der Waals surface area (Å²) in [5, 5.41) is 6.80. The van der Waals surface area contributed by atoms with Crippen LogP contribution in [0.3, 0.4) is 0 Å². The van der Waals surface area contributed by atoms with E-state index in [1.54, 1.807) is 17.7 Å². The van der Waals surface area contributed by atoms with E-state index in [1.807, 2.05) is 41.1 Å². The fourth-order valence-corrected chi connectivity index (χ4v) is 4.46. The van der Waals surface area contributed by atoms with E-state index in [9.17, 15) is 18.0 Å². The van der Waals surface area contributed by atoms with E-state index in [-0.39, 0.29) is 12.5 Å². The normalized spacial score (nSPS) is 12.2. The lowest BCUT2D eigenvalue weighted by atomic mass is 10.1. The van der Waals surface area contributed by atoms with Gasteiger partial charge in [0.25, 0.3) is 5.91 Å². The lowest BCUT2D eigenvalue weighted by molar-refractivity contribution is -0.137. The largest absolute Gasteiger partial charge is 0.416 e. The fourth-order valence-electron chi connectivity index (χ4n) is 3.55. The summed E-state index contributed by atoms with van der Waals surface area (Å²) in [7, 11) is 0. The van der Waals surface area contributed by atoms with Gasteiger partial charge in [0.05, 0.1) is 17.3 Å². The molecule has 0 aliphatic rings. The van der Waals surface area contributed by atoms with Crippen LogP contribution in [-0.4, -0.2) is 16.7 Å². The summed E-state index contributed by atoms with van der Waals surface area (Å²) in [6.45, 7) is 4.42. The first-order valence-electron chi connectivity index (χ1n) is 10.4. The first-order valence-corrected chi connectivity index (χ1v) is 11.3. The Balaban J connectivity index is 1.55. The molecule has 1 N–H and O–H groups in total. The highest BCUT2D eigenvalue weighted by Gasteiger charge is 2.30. The number of alkyl halides is 3. The second-order valence-corrected chi connectivity index (χ2v) is 8.96. The highest BCUT2D eigenvalue weighted by molar-refractivity contribution is 7.10. The van der Waals surface area contributed by atoms with Crippen LogP contribution in [0.2, 0.25) is 0 Å². The number of amides is 1. The third kappa shape index (κ3) is 5.17. The first kappa shape index (κ1) is 22.8. The average Bonchev–Trinajstić information content (AvgIpc) is 3.40. The van der Waals surface area contributed by atoms with Crippen LogP contribution in [0.25, 0.3) is 10.9 Å². The van der Waals surface area contributed by atoms with Crippen molar-refractivity contribution < 1.29 is 18.0 Å². The molecular weight excluding hydrogens is 447 g/mol. The Morgan fingerprint density at radius 2 is 1.94 bits per heavy atom. The SMILES string of the molecule is CC(C)c1cc(C(=O)NN=Cc2cn(Cc3cccc(C(F)(F)F)c3)c3ccccc23)cs1. The molecular formula is C25H22F3N3OS. The fraction of sp³-hybridized carbons (Fsp3) is 0.200. The minimum Gasteiger partial charge on any atom is -0.342 e. The minimum atomic E-state index is -4.39. The Labute approximate surface area is 193 Å². The number of benzene rings is 2. The molecule has 0 radical (unpaired) electrons. The summed E-state index contributed by atoms with van der Waals surface area (Å²) < 4.78 is 41.1. The smallest absolute Gasteiger partial charge is 0.342 e. The Morgan fingerprint density at radius 1 is 1.15 bits per heavy atom. The Bertz CT molecular complexity index is 1320. The van der Waals surface area contributed by atoms with Gasteiger partial charge < -0.3 is 4.57 Å². The zero-order chi connectivity index (χ0) is 23.6. The molecule has 2 aromatic heterocycles. The van der Waals surface area contributed by atoms with Crippen molar-refractivity contribution in [3.05, 3.63) is 93.3 Å². The molecule has 4 nitrogen and oxygen atoms in total. The average molecular weight is 470 g/mol. The summed E-state index contributed by atoms with van der Waals surface area (Å²) in [5.41, 5.74) is 4.60. The van der Waals surface area contributed by atoms with Crippen molar-refractivity contribution in [3.8, 4) is 0 Å². The van der Waals surface area contributed by atoms with E-state index in [4.69, 9.17) is 0 Å². The molecule has 0 saturated carbocycles. The number of rotatable bonds is 6. The molecule has 0 aliphatic carbocycles. The van der Waals surface area contributed by atoms with Crippen LogP contribution in [0.5, 0.6) is 0 Å². The maximum Gasteiger partial charge on any atom is 0.416 e. The molecule has 1 amide bonds. The predicted molar refractivity (Wildman–Crippen MR) is 126 cm³/mol. The van der Waals surface area contributed by atoms with Gasteiger partial charge in [0, 0.05) is 39.5 Å². The highest BCUT2D eigenvalue weighted by atomic mass is 32.1. The predicted octanol–water partition coefficient (Wildman–Crippen LogP) is 6.66. The molecule has 4 aromatic rings. The minimum absolute atomic E-state index is 0.275. The number of carbonyl (C=O) groups is 1. The van der Waals surface area contributed by atoms with Crippen molar-refractivity contribution >= 4 is 34.4 Å². The van der Waals surface area contributed by atoms with Gasteiger partial charge in [-0.25, -0.2) is 5.43 Å². The molecule has 170 valence electrons. The van der Waals surface area contributed by atoms with Gasteiger partial charge >= 0.3 is 6.18 Å². The molecule has 0 saturated heterocycles. The van der Waals surface area contributed by atoms with Gasteiger partial charge in [0.15, 0.2) is 0 Å². The van der Waals surface area contributed by atoms with Gasteiger partial charge in [-0.05, 0) is 35.7 Å². The number of nitrogens with one attached hydrogen (secondary N) is 1. The van der Waals surface area contributed by atoms with E-state index >= 15 is 0 Å². The second kappa shape index (κ2) is 9.23. The monoisotopic (exact) mass is 469 g/mol. The molecule has 8 heteroatoms.